The number of rotatable bonds is 5. The van der Waals surface area contributed by atoms with Gasteiger partial charge < -0.3 is 10.3 Å². The van der Waals surface area contributed by atoms with E-state index in [0.717, 1.165) is 29.6 Å². The average Bonchev–Trinajstić information content (AvgIpc) is 3.39. The fraction of sp³-hybridized carbons (Fsp3) is 0.333. The molecule has 0 bridgehead atoms. The van der Waals surface area contributed by atoms with Crippen molar-refractivity contribution < 1.29 is 0 Å². The molecule has 3 aromatic heterocycles. The summed E-state index contributed by atoms with van der Waals surface area (Å²) < 4.78 is 3.83. The first kappa shape index (κ1) is 17.7. The molecule has 1 aliphatic carbocycles. The molecule has 3 heterocycles. The highest BCUT2D eigenvalue weighted by atomic mass is 16.1. The molecule has 0 atom stereocenters. The molecule has 1 saturated carbocycles. The molecule has 148 valence electrons. The van der Waals surface area contributed by atoms with E-state index < -0.39 is 0 Å². The van der Waals surface area contributed by atoms with Gasteiger partial charge in [0.25, 0.3) is 5.56 Å². The molecule has 0 radical (unpaired) electrons. The third kappa shape index (κ3) is 3.53. The smallest absolute Gasteiger partial charge is 0.261 e. The Hall–Kier alpha value is -3.42. The number of pyridine rings is 1. The summed E-state index contributed by atoms with van der Waals surface area (Å²) in [6, 6.07) is 10.4. The number of hydrogen-bond acceptors (Lipinski definition) is 5. The normalized spacial score (nSPS) is 15.0. The van der Waals surface area contributed by atoms with E-state index in [1.165, 1.54) is 19.3 Å². The van der Waals surface area contributed by atoms with Gasteiger partial charge >= 0.3 is 0 Å². The van der Waals surface area contributed by atoms with Crippen molar-refractivity contribution in [3.63, 3.8) is 0 Å². The van der Waals surface area contributed by atoms with Crippen molar-refractivity contribution in [3.05, 3.63) is 64.8 Å². The summed E-state index contributed by atoms with van der Waals surface area (Å²) >= 11 is 0. The van der Waals surface area contributed by atoms with Crippen LogP contribution in [0.3, 0.4) is 0 Å². The number of fused-ring (bicyclic) bond motifs is 1. The molecule has 5 rings (SSSR count). The van der Waals surface area contributed by atoms with Crippen LogP contribution in [0.15, 0.2) is 53.7 Å². The molecule has 1 aliphatic rings. The summed E-state index contributed by atoms with van der Waals surface area (Å²) in [6.45, 7) is 0.666. The summed E-state index contributed by atoms with van der Waals surface area (Å²) in [7, 11) is 0. The molecule has 8 heteroatoms. The molecule has 0 spiro atoms. The maximum atomic E-state index is 12.6. The van der Waals surface area contributed by atoms with Crippen molar-refractivity contribution in [1.29, 1.82) is 0 Å². The first-order valence-electron chi connectivity index (χ1n) is 10.1. The van der Waals surface area contributed by atoms with Gasteiger partial charge in [0, 0.05) is 18.1 Å². The summed E-state index contributed by atoms with van der Waals surface area (Å²) in [5.41, 5.74) is 2.79. The second-order valence-corrected chi connectivity index (χ2v) is 7.57. The van der Waals surface area contributed by atoms with Gasteiger partial charge in [-0.05, 0) is 36.6 Å². The second-order valence-electron chi connectivity index (χ2n) is 7.57. The zero-order valence-corrected chi connectivity index (χ0v) is 16.1. The molecule has 1 fully saturated rings. The van der Waals surface area contributed by atoms with Gasteiger partial charge in [-0.25, -0.2) is 4.68 Å². The quantitative estimate of drug-likeness (QED) is 0.544. The Morgan fingerprint density at radius 2 is 1.93 bits per heavy atom. The van der Waals surface area contributed by atoms with E-state index in [0.29, 0.717) is 23.8 Å². The highest BCUT2D eigenvalue weighted by Crippen LogP contribution is 2.32. The van der Waals surface area contributed by atoms with Crippen LogP contribution in [-0.4, -0.2) is 29.8 Å². The molecule has 2 N–H and O–H groups in total. The Morgan fingerprint density at radius 1 is 1.10 bits per heavy atom. The Kier molecular flexibility index (Phi) is 4.59. The second kappa shape index (κ2) is 7.54. The van der Waals surface area contributed by atoms with Gasteiger partial charge in [0.05, 0.1) is 24.3 Å². The lowest BCUT2D eigenvalue weighted by molar-refractivity contribution is 0.338. The highest BCUT2D eigenvalue weighted by Gasteiger charge is 2.22. The van der Waals surface area contributed by atoms with E-state index in [9.17, 15) is 4.79 Å². The summed E-state index contributed by atoms with van der Waals surface area (Å²) in [5, 5.41) is 16.6. The monoisotopic (exact) mass is 389 g/mol. The van der Waals surface area contributed by atoms with Gasteiger partial charge in [-0.1, -0.05) is 36.6 Å². The third-order valence-electron chi connectivity index (χ3n) is 5.58. The van der Waals surface area contributed by atoms with E-state index in [1.807, 2.05) is 41.2 Å². The maximum Gasteiger partial charge on any atom is 0.261 e. The van der Waals surface area contributed by atoms with Gasteiger partial charge in [0.15, 0.2) is 5.82 Å². The van der Waals surface area contributed by atoms with Gasteiger partial charge in [0.1, 0.15) is 5.39 Å². The number of nitrogens with one attached hydrogen (secondary N) is 2. The molecule has 0 amide bonds. The van der Waals surface area contributed by atoms with Gasteiger partial charge in [-0.15, -0.1) is 5.10 Å². The number of aromatic nitrogens is 6. The van der Waals surface area contributed by atoms with Crippen molar-refractivity contribution in [3.8, 4) is 0 Å². The van der Waals surface area contributed by atoms with Crippen LogP contribution in [0, 0.1) is 0 Å². The molecule has 8 nitrogen and oxygen atoms in total. The molecule has 0 saturated heterocycles. The van der Waals surface area contributed by atoms with Gasteiger partial charge in [-0.3, -0.25) is 9.48 Å². The fourth-order valence-corrected chi connectivity index (χ4v) is 4.13. The zero-order valence-electron chi connectivity index (χ0n) is 16.1. The minimum atomic E-state index is -0.116. The molecule has 29 heavy (non-hydrogen) atoms. The van der Waals surface area contributed by atoms with Gasteiger partial charge in [0.2, 0.25) is 0 Å². The molecular weight excluding hydrogens is 366 g/mol. The van der Waals surface area contributed by atoms with Crippen LogP contribution in [0.25, 0.3) is 10.9 Å². The summed E-state index contributed by atoms with van der Waals surface area (Å²) in [6.07, 6.45) is 11.1. The average molecular weight is 389 g/mol. The fourth-order valence-electron chi connectivity index (χ4n) is 4.13. The van der Waals surface area contributed by atoms with Crippen LogP contribution in [0.4, 0.5) is 11.5 Å². The molecule has 4 aromatic rings. The van der Waals surface area contributed by atoms with Crippen LogP contribution in [0.2, 0.25) is 0 Å². The lowest BCUT2D eigenvalue weighted by Gasteiger charge is -2.22. The Balaban J connectivity index is 1.44. The van der Waals surface area contributed by atoms with Crippen LogP contribution >= 0.6 is 0 Å². The maximum absolute atomic E-state index is 12.6. The predicted molar refractivity (Wildman–Crippen MR) is 111 cm³/mol. The minimum absolute atomic E-state index is 0.116. The molecular formula is C21H23N7O. The van der Waals surface area contributed by atoms with E-state index in [4.69, 9.17) is 5.10 Å². The van der Waals surface area contributed by atoms with E-state index in [2.05, 4.69) is 20.6 Å². The van der Waals surface area contributed by atoms with Crippen molar-refractivity contribution in [2.24, 2.45) is 0 Å². The SMILES string of the molecule is O=c1[nH]ccc2c1c(Nc1ccc(Cn3ccnn3)cc1)nn2C1CCCCC1. The number of H-pyrrole nitrogens is 1. The largest absolute Gasteiger partial charge is 0.338 e. The molecule has 1 aromatic carbocycles. The molecule has 0 unspecified atom stereocenters. The number of aromatic amines is 1. The third-order valence-corrected chi connectivity index (χ3v) is 5.58. The van der Waals surface area contributed by atoms with Gasteiger partial charge in [-0.2, -0.15) is 5.10 Å². The van der Waals surface area contributed by atoms with E-state index in [1.54, 1.807) is 17.1 Å². The highest BCUT2D eigenvalue weighted by molar-refractivity contribution is 5.91. The summed E-state index contributed by atoms with van der Waals surface area (Å²) in [5.74, 6) is 0.608. The van der Waals surface area contributed by atoms with Crippen LogP contribution in [0.5, 0.6) is 0 Å². The van der Waals surface area contributed by atoms with Crippen molar-refractivity contribution >= 4 is 22.4 Å². The standard InChI is InChI=1S/C21H23N7O/c29-21-19-18(10-11-22-21)28(17-4-2-1-3-5-17)25-20(19)24-16-8-6-15(7-9-16)14-27-13-12-23-26-27/h6-13,17H,1-5,14H2,(H,22,29)(H,24,25). The summed E-state index contributed by atoms with van der Waals surface area (Å²) in [4.78, 5) is 15.3. The lowest BCUT2D eigenvalue weighted by atomic mass is 9.95. The zero-order chi connectivity index (χ0) is 19.6. The van der Waals surface area contributed by atoms with Crippen LogP contribution in [0.1, 0.15) is 43.7 Å². The van der Waals surface area contributed by atoms with Crippen LogP contribution in [-0.2, 0) is 6.54 Å². The lowest BCUT2D eigenvalue weighted by Crippen LogP contribution is -2.14. The predicted octanol–water partition coefficient (Wildman–Crippen LogP) is 3.61. The van der Waals surface area contributed by atoms with Crippen molar-refractivity contribution in [2.75, 3.05) is 5.32 Å². The number of hydrogen-bond donors (Lipinski definition) is 2. The molecule has 0 aliphatic heterocycles. The van der Waals surface area contributed by atoms with Crippen molar-refractivity contribution in [1.82, 2.24) is 29.8 Å². The topological polar surface area (TPSA) is 93.4 Å². The van der Waals surface area contributed by atoms with Crippen molar-refractivity contribution in [2.45, 2.75) is 44.7 Å². The Bertz CT molecular complexity index is 1150. The first-order valence-corrected chi connectivity index (χ1v) is 10.1. The number of nitrogens with zero attached hydrogens (tertiary/aromatic N) is 5. The van der Waals surface area contributed by atoms with Crippen LogP contribution < -0.4 is 10.9 Å². The first-order chi connectivity index (χ1) is 14.3. The number of benzene rings is 1. The minimum Gasteiger partial charge on any atom is -0.338 e. The van der Waals surface area contributed by atoms with E-state index in [-0.39, 0.29) is 5.56 Å². The Morgan fingerprint density at radius 3 is 2.69 bits per heavy atom. The van der Waals surface area contributed by atoms with E-state index >= 15 is 0 Å². The number of anilines is 2. The Labute approximate surface area is 167 Å².